The van der Waals surface area contributed by atoms with Crippen LogP contribution in [0.25, 0.3) is 0 Å². The Labute approximate surface area is 204 Å². The van der Waals surface area contributed by atoms with Gasteiger partial charge in [0.15, 0.2) is 0 Å². The minimum atomic E-state index is -3.14. The number of halogens is 1. The predicted octanol–water partition coefficient (Wildman–Crippen LogP) is 6.71. The van der Waals surface area contributed by atoms with E-state index in [-0.39, 0.29) is 11.9 Å². The quantitative estimate of drug-likeness (QED) is 0.264. The number of methoxy groups -OCH3 is 1. The average Bonchev–Trinajstić information content (AvgIpc) is 3.41. The first kappa shape index (κ1) is 22.3. The molecule has 1 heterocycles. The fourth-order valence-electron chi connectivity index (χ4n) is 5.14. The fourth-order valence-corrected chi connectivity index (χ4v) is 13.3. The summed E-state index contributed by atoms with van der Waals surface area (Å²) in [6, 6.07) is 40.9. The van der Waals surface area contributed by atoms with Crippen LogP contribution in [-0.2, 0) is 4.74 Å². The van der Waals surface area contributed by atoms with Crippen molar-refractivity contribution in [2.45, 2.75) is 24.8 Å². The Kier molecular flexibility index (Phi) is 6.14. The summed E-state index contributed by atoms with van der Waals surface area (Å²) >= 11 is 4.55. The summed E-state index contributed by atoms with van der Waals surface area (Å²) in [4.78, 5) is 0. The van der Waals surface area contributed by atoms with Gasteiger partial charge in [0.2, 0.25) is 0 Å². The minimum absolute atomic E-state index is 0.00954. The Morgan fingerprint density at radius 2 is 1.12 bits per heavy atom. The molecule has 5 rings (SSSR count). The van der Waals surface area contributed by atoms with E-state index in [1.807, 2.05) is 12.1 Å². The van der Waals surface area contributed by atoms with Crippen molar-refractivity contribution >= 4 is 36.7 Å². The molecular formula is C29H28BrO2P. The predicted molar refractivity (Wildman–Crippen MR) is 144 cm³/mol. The van der Waals surface area contributed by atoms with Crippen molar-refractivity contribution in [3.8, 4) is 5.75 Å². The van der Waals surface area contributed by atoms with Gasteiger partial charge in [0, 0.05) is 0 Å². The molecule has 33 heavy (non-hydrogen) atoms. The van der Waals surface area contributed by atoms with E-state index in [0.717, 1.165) is 18.6 Å². The van der Waals surface area contributed by atoms with E-state index in [1.54, 1.807) is 7.11 Å². The Bertz CT molecular complexity index is 1100. The van der Waals surface area contributed by atoms with Gasteiger partial charge in [0.25, 0.3) is 0 Å². The van der Waals surface area contributed by atoms with Crippen LogP contribution >= 0.6 is 20.8 Å². The van der Waals surface area contributed by atoms with Crippen LogP contribution in [0.3, 0.4) is 0 Å². The summed E-state index contributed by atoms with van der Waals surface area (Å²) in [6.07, 6.45) is 2.00. The SMILES string of the molecule is COc1ccc([C@H]2CCC(P(Br)(c3ccccc3)(c3ccccc3)c3ccccc3)O2)cc1. The molecular weight excluding hydrogens is 491 g/mol. The van der Waals surface area contributed by atoms with Crippen molar-refractivity contribution in [1.29, 1.82) is 0 Å². The van der Waals surface area contributed by atoms with E-state index < -0.39 is 5.31 Å². The van der Waals surface area contributed by atoms with Gasteiger partial charge in [-0.15, -0.1) is 0 Å². The molecule has 0 spiro atoms. The van der Waals surface area contributed by atoms with Crippen LogP contribution in [0, 0.1) is 0 Å². The van der Waals surface area contributed by atoms with Crippen LogP contribution in [0.15, 0.2) is 115 Å². The molecule has 0 N–H and O–H groups in total. The molecule has 2 atom stereocenters. The second-order valence-electron chi connectivity index (χ2n) is 8.51. The molecule has 0 bridgehead atoms. The first-order valence-corrected chi connectivity index (χ1v) is 15.7. The maximum atomic E-state index is 7.02. The average molecular weight is 519 g/mol. The van der Waals surface area contributed by atoms with Crippen molar-refractivity contribution < 1.29 is 9.47 Å². The summed E-state index contributed by atoms with van der Waals surface area (Å²) in [5.74, 6) is 0.876. The molecule has 1 aliphatic rings. The van der Waals surface area contributed by atoms with Gasteiger partial charge in [-0.25, -0.2) is 0 Å². The fraction of sp³-hybridized carbons (Fsp3) is 0.172. The van der Waals surface area contributed by atoms with Crippen molar-refractivity contribution in [3.63, 3.8) is 0 Å². The molecule has 4 aromatic carbocycles. The molecule has 2 nitrogen and oxygen atoms in total. The molecule has 0 saturated carbocycles. The molecule has 1 unspecified atom stereocenters. The number of rotatable bonds is 6. The summed E-state index contributed by atoms with van der Waals surface area (Å²) in [7, 11) is 1.70. The Hall–Kier alpha value is -2.45. The van der Waals surface area contributed by atoms with Gasteiger partial charge in [0.05, 0.1) is 0 Å². The Morgan fingerprint density at radius 1 is 0.667 bits per heavy atom. The topological polar surface area (TPSA) is 18.5 Å². The van der Waals surface area contributed by atoms with Gasteiger partial charge in [-0.3, -0.25) is 0 Å². The van der Waals surface area contributed by atoms with Gasteiger partial charge in [0.1, 0.15) is 0 Å². The van der Waals surface area contributed by atoms with E-state index in [0.29, 0.717) is 0 Å². The first-order chi connectivity index (χ1) is 16.1. The van der Waals surface area contributed by atoms with Crippen LogP contribution in [0.5, 0.6) is 5.75 Å². The van der Waals surface area contributed by atoms with Crippen molar-refractivity contribution in [2.75, 3.05) is 7.11 Å². The summed E-state index contributed by atoms with van der Waals surface area (Å²) in [6.45, 7) is 0. The van der Waals surface area contributed by atoms with E-state index in [9.17, 15) is 0 Å². The molecule has 4 heteroatoms. The number of benzene rings is 4. The monoisotopic (exact) mass is 518 g/mol. The van der Waals surface area contributed by atoms with Crippen LogP contribution in [-0.4, -0.2) is 13.0 Å². The molecule has 1 saturated heterocycles. The van der Waals surface area contributed by atoms with Gasteiger partial charge >= 0.3 is 205 Å². The van der Waals surface area contributed by atoms with Gasteiger partial charge in [-0.2, -0.15) is 0 Å². The second kappa shape index (κ2) is 9.06. The third-order valence-electron chi connectivity index (χ3n) is 6.81. The third kappa shape index (κ3) is 3.64. The zero-order valence-corrected chi connectivity index (χ0v) is 21.2. The molecule has 4 aromatic rings. The number of ether oxygens (including phenoxy) is 2. The van der Waals surface area contributed by atoms with Crippen LogP contribution in [0.1, 0.15) is 24.5 Å². The second-order valence-corrected chi connectivity index (χ2v) is 17.2. The van der Waals surface area contributed by atoms with Crippen molar-refractivity contribution in [3.05, 3.63) is 121 Å². The summed E-state index contributed by atoms with van der Waals surface area (Å²) in [5.41, 5.74) is 1.20. The van der Waals surface area contributed by atoms with Crippen LogP contribution < -0.4 is 20.7 Å². The van der Waals surface area contributed by atoms with E-state index >= 15 is 0 Å². The van der Waals surface area contributed by atoms with E-state index in [2.05, 4.69) is 119 Å². The standard InChI is InChI=1S/C29H28BrO2P/c1-31-24-19-17-23(18-20-24)28-21-22-29(32-28)33(30,25-11-5-2-6-12-25,26-13-7-3-8-14-26)27-15-9-4-10-16-27/h2-20,28-29H,21-22H2,1H3/t28-,29?/m1/s1. The van der Waals surface area contributed by atoms with Crippen molar-refractivity contribution in [1.82, 2.24) is 0 Å². The maximum absolute atomic E-state index is 7.02. The Balaban J connectivity index is 1.69. The molecule has 0 aromatic heterocycles. The van der Waals surface area contributed by atoms with Crippen LogP contribution in [0.2, 0.25) is 0 Å². The number of hydrogen-bond donors (Lipinski definition) is 0. The third-order valence-corrected chi connectivity index (χ3v) is 17.2. The molecule has 0 radical (unpaired) electrons. The van der Waals surface area contributed by atoms with Gasteiger partial charge in [-0.1, -0.05) is 0 Å². The van der Waals surface area contributed by atoms with Gasteiger partial charge in [-0.05, 0) is 0 Å². The van der Waals surface area contributed by atoms with Crippen molar-refractivity contribution in [2.24, 2.45) is 0 Å². The number of hydrogen-bond acceptors (Lipinski definition) is 2. The zero-order valence-electron chi connectivity index (χ0n) is 18.7. The molecule has 168 valence electrons. The molecule has 0 amide bonds. The van der Waals surface area contributed by atoms with E-state index in [4.69, 9.17) is 9.47 Å². The Morgan fingerprint density at radius 3 is 1.55 bits per heavy atom. The zero-order chi connectivity index (χ0) is 22.8. The van der Waals surface area contributed by atoms with E-state index in [1.165, 1.54) is 21.5 Å². The summed E-state index contributed by atoms with van der Waals surface area (Å²) < 4.78 is 12.4. The molecule has 1 aliphatic heterocycles. The molecule has 1 fully saturated rings. The van der Waals surface area contributed by atoms with Crippen LogP contribution in [0.4, 0.5) is 0 Å². The molecule has 0 aliphatic carbocycles. The van der Waals surface area contributed by atoms with Gasteiger partial charge < -0.3 is 0 Å². The normalized spacial score (nSPS) is 19.5. The summed E-state index contributed by atoms with van der Waals surface area (Å²) in [5, 5.41) is 0.738. The first-order valence-electron chi connectivity index (χ1n) is 11.3.